The molecule has 1 unspecified atom stereocenters. The van der Waals surface area contributed by atoms with Crippen molar-refractivity contribution >= 4 is 0 Å². The molecule has 0 bridgehead atoms. The molecule has 1 aliphatic rings. The van der Waals surface area contributed by atoms with Crippen molar-refractivity contribution < 1.29 is 9.26 Å². The van der Waals surface area contributed by atoms with Gasteiger partial charge in [0.25, 0.3) is 0 Å². The molecule has 1 fully saturated rings. The predicted molar refractivity (Wildman–Crippen MR) is 43.1 cm³/mol. The zero-order chi connectivity index (χ0) is 8.39. The second-order valence-electron chi connectivity index (χ2n) is 2.98. The molecule has 1 aromatic heterocycles. The van der Waals surface area contributed by atoms with Gasteiger partial charge in [0.2, 0.25) is 0 Å². The maximum absolute atomic E-state index is 5.63. The van der Waals surface area contributed by atoms with Gasteiger partial charge in [0.05, 0.1) is 0 Å². The number of aryl methyl sites for hydroxylation is 1. The van der Waals surface area contributed by atoms with Gasteiger partial charge in [-0.1, -0.05) is 5.16 Å². The van der Waals surface area contributed by atoms with Gasteiger partial charge in [0, 0.05) is 13.5 Å². The van der Waals surface area contributed by atoms with Crippen molar-refractivity contribution in [3.8, 4) is 5.75 Å². The second-order valence-corrected chi connectivity index (χ2v) is 2.98. The van der Waals surface area contributed by atoms with Gasteiger partial charge >= 0.3 is 0 Å². The Bertz CT molecular complexity index is 253. The Hall–Kier alpha value is -1.03. The lowest BCUT2D eigenvalue weighted by molar-refractivity contribution is 0.218. The van der Waals surface area contributed by atoms with E-state index in [2.05, 4.69) is 10.5 Å². The topological polar surface area (TPSA) is 47.3 Å². The van der Waals surface area contributed by atoms with Crippen molar-refractivity contribution in [2.75, 3.05) is 13.1 Å². The molecule has 1 saturated heterocycles. The van der Waals surface area contributed by atoms with E-state index in [0.29, 0.717) is 0 Å². The normalized spacial score (nSPS) is 22.9. The van der Waals surface area contributed by atoms with E-state index in [0.717, 1.165) is 31.0 Å². The van der Waals surface area contributed by atoms with E-state index in [-0.39, 0.29) is 6.10 Å². The molecule has 0 spiro atoms. The summed E-state index contributed by atoms with van der Waals surface area (Å²) in [6.07, 6.45) is 2.96. The minimum atomic E-state index is 0.281. The van der Waals surface area contributed by atoms with Crippen molar-refractivity contribution in [3.63, 3.8) is 0 Å². The van der Waals surface area contributed by atoms with E-state index in [4.69, 9.17) is 9.26 Å². The lowest BCUT2D eigenvalue weighted by Gasteiger charge is -2.09. The molecule has 0 aromatic carbocycles. The van der Waals surface area contributed by atoms with Gasteiger partial charge in [0.1, 0.15) is 12.3 Å². The summed E-state index contributed by atoms with van der Waals surface area (Å²) in [5.41, 5.74) is 0. The summed E-state index contributed by atoms with van der Waals surface area (Å²) >= 11 is 0. The molecule has 12 heavy (non-hydrogen) atoms. The molecule has 1 aromatic rings. The highest BCUT2D eigenvalue weighted by Gasteiger charge is 2.17. The third-order valence-corrected chi connectivity index (χ3v) is 2.02. The zero-order valence-electron chi connectivity index (χ0n) is 7.04. The number of aromatic nitrogens is 1. The minimum Gasteiger partial charge on any atom is -0.484 e. The van der Waals surface area contributed by atoms with Crippen LogP contribution in [0.5, 0.6) is 5.75 Å². The van der Waals surface area contributed by atoms with E-state index in [1.54, 1.807) is 6.20 Å². The number of rotatable bonds is 2. The molecule has 4 nitrogen and oxygen atoms in total. The Morgan fingerprint density at radius 1 is 1.75 bits per heavy atom. The molecule has 2 rings (SSSR count). The number of hydrogen-bond acceptors (Lipinski definition) is 4. The second kappa shape index (κ2) is 3.15. The summed E-state index contributed by atoms with van der Waals surface area (Å²) in [7, 11) is 0. The van der Waals surface area contributed by atoms with Crippen molar-refractivity contribution in [3.05, 3.63) is 12.0 Å². The highest BCUT2D eigenvalue weighted by Crippen LogP contribution is 2.18. The Labute approximate surface area is 70.9 Å². The van der Waals surface area contributed by atoms with E-state index in [1.807, 2.05) is 6.92 Å². The van der Waals surface area contributed by atoms with Gasteiger partial charge < -0.3 is 14.6 Å². The third-order valence-electron chi connectivity index (χ3n) is 2.02. The van der Waals surface area contributed by atoms with Crippen LogP contribution >= 0.6 is 0 Å². The third kappa shape index (κ3) is 1.43. The highest BCUT2D eigenvalue weighted by molar-refractivity contribution is 5.19. The molecule has 0 aliphatic carbocycles. The van der Waals surface area contributed by atoms with Crippen LogP contribution in [0.25, 0.3) is 0 Å². The van der Waals surface area contributed by atoms with Gasteiger partial charge in [-0.25, -0.2) is 0 Å². The summed E-state index contributed by atoms with van der Waals surface area (Å²) in [6.45, 7) is 3.81. The summed E-state index contributed by atoms with van der Waals surface area (Å²) in [4.78, 5) is 0. The van der Waals surface area contributed by atoms with Crippen LogP contribution in [-0.2, 0) is 0 Å². The summed E-state index contributed by atoms with van der Waals surface area (Å²) in [6, 6.07) is 0. The smallest absolute Gasteiger partial charge is 0.182 e. The number of hydrogen-bond donors (Lipinski definition) is 1. The average molecular weight is 168 g/mol. The van der Waals surface area contributed by atoms with Crippen LogP contribution in [0.2, 0.25) is 0 Å². The Balaban J connectivity index is 1.98. The lowest BCUT2D eigenvalue weighted by Crippen LogP contribution is -2.19. The Morgan fingerprint density at radius 2 is 2.67 bits per heavy atom. The molecule has 2 heterocycles. The molecule has 1 aliphatic heterocycles. The number of nitrogens with one attached hydrogen (secondary N) is 1. The first-order chi connectivity index (χ1) is 5.86. The summed E-state index contributed by atoms with van der Waals surface area (Å²) in [5, 5.41) is 6.87. The maximum Gasteiger partial charge on any atom is 0.182 e. The molecule has 0 amide bonds. The molecular formula is C8H12N2O2. The van der Waals surface area contributed by atoms with E-state index < -0.39 is 0 Å². The van der Waals surface area contributed by atoms with Gasteiger partial charge in [-0.15, -0.1) is 0 Å². The monoisotopic (exact) mass is 168 g/mol. The summed E-state index contributed by atoms with van der Waals surface area (Å²) < 4.78 is 10.5. The zero-order valence-corrected chi connectivity index (χ0v) is 7.04. The van der Waals surface area contributed by atoms with Crippen LogP contribution < -0.4 is 10.1 Å². The Kier molecular flexibility index (Phi) is 1.99. The molecule has 66 valence electrons. The van der Waals surface area contributed by atoms with Crippen LogP contribution in [0, 0.1) is 6.92 Å². The first-order valence-corrected chi connectivity index (χ1v) is 4.15. The fraction of sp³-hybridized carbons (Fsp3) is 0.625. The van der Waals surface area contributed by atoms with Crippen molar-refractivity contribution in [2.24, 2.45) is 0 Å². The SMILES string of the molecule is Cc1oncc1OC1CCNC1. The van der Waals surface area contributed by atoms with Crippen LogP contribution in [0.4, 0.5) is 0 Å². The lowest BCUT2D eigenvalue weighted by atomic mass is 10.3. The van der Waals surface area contributed by atoms with Gasteiger partial charge in [-0.05, 0) is 13.0 Å². The van der Waals surface area contributed by atoms with E-state index in [9.17, 15) is 0 Å². The predicted octanol–water partition coefficient (Wildman–Crippen LogP) is 0.724. The molecular weight excluding hydrogens is 156 g/mol. The maximum atomic E-state index is 5.63. The van der Waals surface area contributed by atoms with Crippen molar-refractivity contribution in [1.82, 2.24) is 10.5 Å². The molecule has 4 heteroatoms. The fourth-order valence-corrected chi connectivity index (χ4v) is 1.31. The summed E-state index contributed by atoms with van der Waals surface area (Å²) in [5.74, 6) is 1.52. The minimum absolute atomic E-state index is 0.281. The van der Waals surface area contributed by atoms with Crippen LogP contribution in [0.3, 0.4) is 0 Å². The van der Waals surface area contributed by atoms with Crippen LogP contribution in [0.1, 0.15) is 12.2 Å². The fourth-order valence-electron chi connectivity index (χ4n) is 1.31. The number of nitrogens with zero attached hydrogens (tertiary/aromatic N) is 1. The van der Waals surface area contributed by atoms with Gasteiger partial charge in [-0.3, -0.25) is 0 Å². The van der Waals surface area contributed by atoms with Crippen LogP contribution in [0.15, 0.2) is 10.7 Å². The Morgan fingerprint density at radius 3 is 3.25 bits per heavy atom. The molecule has 0 radical (unpaired) electrons. The molecule has 1 N–H and O–H groups in total. The largest absolute Gasteiger partial charge is 0.484 e. The van der Waals surface area contributed by atoms with E-state index in [1.165, 1.54) is 0 Å². The first-order valence-electron chi connectivity index (χ1n) is 4.15. The van der Waals surface area contributed by atoms with Crippen molar-refractivity contribution in [1.29, 1.82) is 0 Å². The van der Waals surface area contributed by atoms with Crippen LogP contribution in [-0.4, -0.2) is 24.4 Å². The van der Waals surface area contributed by atoms with Crippen molar-refractivity contribution in [2.45, 2.75) is 19.4 Å². The number of ether oxygens (including phenoxy) is 1. The molecule has 1 atom stereocenters. The van der Waals surface area contributed by atoms with Gasteiger partial charge in [-0.2, -0.15) is 0 Å². The van der Waals surface area contributed by atoms with E-state index >= 15 is 0 Å². The first kappa shape index (κ1) is 7.61. The quantitative estimate of drug-likeness (QED) is 0.707. The highest BCUT2D eigenvalue weighted by atomic mass is 16.5. The standard InChI is InChI=1S/C8H12N2O2/c1-6-8(5-10-12-6)11-7-2-3-9-4-7/h5,7,9H,2-4H2,1H3. The average Bonchev–Trinajstić information content (AvgIpc) is 2.65. The van der Waals surface area contributed by atoms with Gasteiger partial charge in [0.15, 0.2) is 11.5 Å². The molecule has 0 saturated carbocycles.